The molecule has 1 fully saturated rings. The van der Waals surface area contributed by atoms with Gasteiger partial charge in [0.05, 0.1) is 11.9 Å². The fraction of sp³-hybridized carbons (Fsp3) is 0.278. The minimum atomic E-state index is -0.169. The molecule has 0 bridgehead atoms. The number of carbonyl (C=O) groups is 2. The van der Waals surface area contributed by atoms with Crippen molar-refractivity contribution in [2.24, 2.45) is 0 Å². The van der Waals surface area contributed by atoms with E-state index in [1.165, 1.54) is 0 Å². The number of hydrogen-bond donors (Lipinski definition) is 2. The largest absolute Gasteiger partial charge is 0.334 e. The molecule has 2 heterocycles. The van der Waals surface area contributed by atoms with Crippen molar-refractivity contribution in [1.82, 2.24) is 20.1 Å². The summed E-state index contributed by atoms with van der Waals surface area (Å²) in [6, 6.07) is 13.1. The molecule has 3 rings (SSSR count). The summed E-state index contributed by atoms with van der Waals surface area (Å²) < 4.78 is 0. The highest BCUT2D eigenvalue weighted by molar-refractivity contribution is 5.89. The zero-order chi connectivity index (χ0) is 17.5. The average Bonchev–Trinajstić information content (AvgIpc) is 2.68. The second-order valence-electron chi connectivity index (χ2n) is 5.79. The van der Waals surface area contributed by atoms with E-state index in [1.54, 1.807) is 34.3 Å². The molecule has 1 aromatic carbocycles. The van der Waals surface area contributed by atoms with Crippen LogP contribution in [-0.2, 0) is 6.54 Å². The van der Waals surface area contributed by atoms with E-state index in [-0.39, 0.29) is 12.1 Å². The van der Waals surface area contributed by atoms with Crippen molar-refractivity contribution in [2.75, 3.05) is 31.5 Å². The van der Waals surface area contributed by atoms with Gasteiger partial charge in [0.25, 0.3) is 0 Å². The normalized spacial score (nSPS) is 14.1. The fourth-order valence-corrected chi connectivity index (χ4v) is 2.64. The molecule has 4 amide bonds. The lowest BCUT2D eigenvalue weighted by molar-refractivity contribution is 0.149. The molecule has 1 aliphatic heterocycles. The molecule has 0 spiro atoms. The van der Waals surface area contributed by atoms with Crippen LogP contribution in [0.15, 0.2) is 54.9 Å². The minimum absolute atomic E-state index is 0.101. The number of nitrogens with zero attached hydrogens (tertiary/aromatic N) is 3. The highest BCUT2D eigenvalue weighted by atomic mass is 16.2. The first-order chi connectivity index (χ1) is 12.2. The van der Waals surface area contributed by atoms with Gasteiger partial charge in [-0.25, -0.2) is 9.59 Å². The van der Waals surface area contributed by atoms with E-state index in [4.69, 9.17) is 0 Å². The Morgan fingerprint density at radius 3 is 2.24 bits per heavy atom. The number of amides is 4. The summed E-state index contributed by atoms with van der Waals surface area (Å²) in [5.74, 6) is 0. The molecular formula is C18H21N5O2. The SMILES string of the molecule is O=C(NCc1ccccc1)N1CCN(C(=O)Nc2cccnc2)CC1. The molecule has 0 aliphatic carbocycles. The predicted molar refractivity (Wildman–Crippen MR) is 95.1 cm³/mol. The number of aromatic nitrogens is 1. The molecular weight excluding hydrogens is 318 g/mol. The molecule has 1 aromatic heterocycles. The van der Waals surface area contributed by atoms with Crippen LogP contribution in [-0.4, -0.2) is 53.0 Å². The van der Waals surface area contributed by atoms with Gasteiger partial charge in [-0.3, -0.25) is 4.98 Å². The second-order valence-corrected chi connectivity index (χ2v) is 5.79. The Morgan fingerprint density at radius 1 is 0.920 bits per heavy atom. The molecule has 0 saturated carbocycles. The number of hydrogen-bond acceptors (Lipinski definition) is 3. The number of urea groups is 2. The van der Waals surface area contributed by atoms with Gasteiger partial charge in [0.1, 0.15) is 0 Å². The lowest BCUT2D eigenvalue weighted by atomic mass is 10.2. The monoisotopic (exact) mass is 339 g/mol. The first-order valence-corrected chi connectivity index (χ1v) is 8.25. The van der Waals surface area contributed by atoms with Crippen LogP contribution in [0.3, 0.4) is 0 Å². The smallest absolute Gasteiger partial charge is 0.322 e. The molecule has 0 atom stereocenters. The number of piperazine rings is 1. The van der Waals surface area contributed by atoms with Crippen molar-refractivity contribution in [1.29, 1.82) is 0 Å². The van der Waals surface area contributed by atoms with Crippen LogP contribution in [0, 0.1) is 0 Å². The van der Waals surface area contributed by atoms with Gasteiger partial charge >= 0.3 is 12.1 Å². The molecule has 7 nitrogen and oxygen atoms in total. The van der Waals surface area contributed by atoms with Crippen molar-refractivity contribution < 1.29 is 9.59 Å². The molecule has 0 unspecified atom stereocenters. The zero-order valence-corrected chi connectivity index (χ0v) is 13.9. The van der Waals surface area contributed by atoms with E-state index >= 15 is 0 Å². The van der Waals surface area contributed by atoms with Gasteiger partial charge in [0, 0.05) is 38.9 Å². The zero-order valence-electron chi connectivity index (χ0n) is 13.9. The van der Waals surface area contributed by atoms with Gasteiger partial charge < -0.3 is 20.4 Å². The standard InChI is InChI=1S/C18H21N5O2/c24-17(20-13-15-5-2-1-3-6-15)22-9-11-23(12-10-22)18(25)21-16-7-4-8-19-14-16/h1-8,14H,9-13H2,(H,20,24)(H,21,25). The number of rotatable bonds is 3. The van der Waals surface area contributed by atoms with Crippen LogP contribution >= 0.6 is 0 Å². The lowest BCUT2D eigenvalue weighted by Crippen LogP contribution is -2.53. The van der Waals surface area contributed by atoms with Crippen LogP contribution in [0.25, 0.3) is 0 Å². The van der Waals surface area contributed by atoms with Gasteiger partial charge in [-0.15, -0.1) is 0 Å². The number of nitrogens with one attached hydrogen (secondary N) is 2. The maximum absolute atomic E-state index is 12.2. The van der Waals surface area contributed by atoms with E-state index in [1.807, 2.05) is 30.3 Å². The Balaban J connectivity index is 1.43. The van der Waals surface area contributed by atoms with Crippen LogP contribution < -0.4 is 10.6 Å². The van der Waals surface area contributed by atoms with E-state index in [2.05, 4.69) is 15.6 Å². The van der Waals surface area contributed by atoms with E-state index < -0.39 is 0 Å². The average molecular weight is 339 g/mol. The highest BCUT2D eigenvalue weighted by Crippen LogP contribution is 2.08. The third-order valence-corrected chi connectivity index (χ3v) is 4.05. The molecule has 0 radical (unpaired) electrons. The molecule has 1 saturated heterocycles. The quantitative estimate of drug-likeness (QED) is 0.899. The number of anilines is 1. The Bertz CT molecular complexity index is 700. The maximum Gasteiger partial charge on any atom is 0.322 e. The molecule has 2 aromatic rings. The van der Waals surface area contributed by atoms with E-state index in [0.717, 1.165) is 5.56 Å². The molecule has 25 heavy (non-hydrogen) atoms. The summed E-state index contributed by atoms with van der Waals surface area (Å²) in [5.41, 5.74) is 1.72. The third-order valence-electron chi connectivity index (χ3n) is 4.05. The Hall–Kier alpha value is -3.09. The van der Waals surface area contributed by atoms with Crippen molar-refractivity contribution in [2.45, 2.75) is 6.54 Å². The predicted octanol–water partition coefficient (Wildman–Crippen LogP) is 2.14. The van der Waals surface area contributed by atoms with E-state index in [0.29, 0.717) is 38.4 Å². The van der Waals surface area contributed by atoms with Crippen molar-refractivity contribution in [3.63, 3.8) is 0 Å². The van der Waals surface area contributed by atoms with Gasteiger partial charge in [0.15, 0.2) is 0 Å². The summed E-state index contributed by atoms with van der Waals surface area (Å²) in [5, 5.41) is 5.72. The highest BCUT2D eigenvalue weighted by Gasteiger charge is 2.24. The van der Waals surface area contributed by atoms with Gasteiger partial charge in [-0.1, -0.05) is 30.3 Å². The Kier molecular flexibility index (Phi) is 5.46. The van der Waals surface area contributed by atoms with Crippen molar-refractivity contribution in [3.05, 3.63) is 60.4 Å². The second kappa shape index (κ2) is 8.14. The maximum atomic E-state index is 12.2. The number of carbonyl (C=O) groups excluding carboxylic acids is 2. The Morgan fingerprint density at radius 2 is 1.60 bits per heavy atom. The fourth-order valence-electron chi connectivity index (χ4n) is 2.64. The topological polar surface area (TPSA) is 77.6 Å². The summed E-state index contributed by atoms with van der Waals surface area (Å²) in [4.78, 5) is 31.9. The van der Waals surface area contributed by atoms with E-state index in [9.17, 15) is 9.59 Å². The summed E-state index contributed by atoms with van der Waals surface area (Å²) >= 11 is 0. The minimum Gasteiger partial charge on any atom is -0.334 e. The van der Waals surface area contributed by atoms with Gasteiger partial charge in [-0.05, 0) is 17.7 Å². The van der Waals surface area contributed by atoms with Gasteiger partial charge in [0.2, 0.25) is 0 Å². The summed E-state index contributed by atoms with van der Waals surface area (Å²) in [7, 11) is 0. The van der Waals surface area contributed by atoms with Crippen molar-refractivity contribution in [3.8, 4) is 0 Å². The summed E-state index contributed by atoms with van der Waals surface area (Å²) in [6.45, 7) is 2.54. The molecule has 130 valence electrons. The van der Waals surface area contributed by atoms with Crippen molar-refractivity contribution >= 4 is 17.7 Å². The first-order valence-electron chi connectivity index (χ1n) is 8.25. The third kappa shape index (κ3) is 4.69. The van der Waals surface area contributed by atoms with Gasteiger partial charge in [-0.2, -0.15) is 0 Å². The van der Waals surface area contributed by atoms with Crippen LogP contribution in [0.5, 0.6) is 0 Å². The number of pyridine rings is 1. The Labute approximate surface area is 146 Å². The first kappa shape index (κ1) is 16.8. The van der Waals surface area contributed by atoms with Crippen LogP contribution in [0.1, 0.15) is 5.56 Å². The number of benzene rings is 1. The molecule has 7 heteroatoms. The molecule has 1 aliphatic rings. The molecule has 2 N–H and O–H groups in total. The van der Waals surface area contributed by atoms with Crippen LogP contribution in [0.2, 0.25) is 0 Å². The lowest BCUT2D eigenvalue weighted by Gasteiger charge is -2.34. The van der Waals surface area contributed by atoms with Crippen LogP contribution in [0.4, 0.5) is 15.3 Å². The summed E-state index contributed by atoms with van der Waals surface area (Å²) in [6.07, 6.45) is 3.26.